The Labute approximate surface area is 227 Å². The number of carbonyl (C=O) groups excluding carboxylic acids is 2. The van der Waals surface area contributed by atoms with E-state index in [1.165, 1.54) is 56.2 Å². The van der Waals surface area contributed by atoms with Crippen molar-refractivity contribution in [3.63, 3.8) is 0 Å². The Balaban J connectivity index is 1.62. The van der Waals surface area contributed by atoms with E-state index in [-0.39, 0.29) is 38.2 Å². The van der Waals surface area contributed by atoms with Crippen molar-refractivity contribution in [1.29, 1.82) is 0 Å². The number of aliphatic carboxylic acids is 1. The number of nitrogens with one attached hydrogen (secondary N) is 1. The fraction of sp³-hybridized carbons (Fsp3) is 0.423. The predicted molar refractivity (Wildman–Crippen MR) is 132 cm³/mol. The second-order valence-electron chi connectivity index (χ2n) is 9.72. The first kappa shape index (κ1) is 29.4. The summed E-state index contributed by atoms with van der Waals surface area (Å²) in [4.78, 5) is 40.5. The number of nitrogens with zero attached hydrogens (tertiary/aromatic N) is 4. The first-order valence-electron chi connectivity index (χ1n) is 12.5. The third-order valence-electron chi connectivity index (χ3n) is 6.90. The number of piperazine rings is 1. The molecule has 2 aliphatic heterocycles. The highest BCUT2D eigenvalue weighted by Gasteiger charge is 2.50. The first-order chi connectivity index (χ1) is 18.8. The molecule has 2 saturated heterocycles. The lowest BCUT2D eigenvalue weighted by molar-refractivity contribution is -0.241. The highest BCUT2D eigenvalue weighted by molar-refractivity contribution is 5.90. The van der Waals surface area contributed by atoms with Crippen molar-refractivity contribution in [2.45, 2.75) is 50.7 Å². The number of hydrogen-bond donors (Lipinski definition) is 3. The highest BCUT2D eigenvalue weighted by Crippen LogP contribution is 2.32. The molecule has 40 heavy (non-hydrogen) atoms. The average molecular weight is 568 g/mol. The van der Waals surface area contributed by atoms with Gasteiger partial charge in [-0.1, -0.05) is 24.3 Å². The second-order valence-corrected chi connectivity index (χ2v) is 9.72. The molecule has 0 radical (unpaired) electrons. The average Bonchev–Trinajstić information content (AvgIpc) is 2.88. The Morgan fingerprint density at radius 2 is 1.82 bits per heavy atom. The second kappa shape index (κ2) is 11.9. The van der Waals surface area contributed by atoms with Crippen LogP contribution in [0.25, 0.3) is 0 Å². The van der Waals surface area contributed by atoms with E-state index < -0.39 is 60.3 Å². The van der Waals surface area contributed by atoms with Crippen LogP contribution in [-0.2, 0) is 33.6 Å². The van der Waals surface area contributed by atoms with Gasteiger partial charge in [0.25, 0.3) is 0 Å². The van der Waals surface area contributed by atoms with E-state index in [1.807, 2.05) is 0 Å². The number of hydrazine groups is 1. The van der Waals surface area contributed by atoms with Crippen molar-refractivity contribution in [2.24, 2.45) is 0 Å². The molecule has 2 heterocycles. The van der Waals surface area contributed by atoms with E-state index in [1.54, 1.807) is 7.05 Å². The van der Waals surface area contributed by atoms with Crippen LogP contribution in [0.3, 0.4) is 0 Å². The van der Waals surface area contributed by atoms with Gasteiger partial charge in [-0.05, 0) is 41.8 Å². The van der Waals surface area contributed by atoms with Crippen molar-refractivity contribution >= 4 is 17.8 Å². The van der Waals surface area contributed by atoms with E-state index in [0.29, 0.717) is 5.56 Å². The monoisotopic (exact) mass is 567 g/mol. The summed E-state index contributed by atoms with van der Waals surface area (Å²) in [6.45, 7) is -0.469. The van der Waals surface area contributed by atoms with Gasteiger partial charge in [-0.15, -0.1) is 0 Å². The molecule has 14 heteroatoms. The Morgan fingerprint density at radius 3 is 2.48 bits per heavy atom. The Bertz CT molecular complexity index is 1240. The number of amides is 2. The zero-order valence-electron chi connectivity index (χ0n) is 21.5. The maximum atomic E-state index is 13.5. The number of likely N-dealkylation sites (N-methyl/N-ethyl adjacent to an activating group) is 1. The topological polar surface area (TPSA) is 117 Å². The molecule has 216 valence electrons. The minimum atomic E-state index is -4.58. The molecular formula is C26H29F4N5O5. The van der Waals surface area contributed by atoms with Crippen LogP contribution >= 0.6 is 0 Å². The first-order valence-corrected chi connectivity index (χ1v) is 12.5. The lowest BCUT2D eigenvalue weighted by Gasteiger charge is -2.55. The van der Waals surface area contributed by atoms with E-state index in [2.05, 4.69) is 5.32 Å². The Hall–Kier alpha value is -3.59. The molecule has 2 aromatic rings. The number of aliphatic hydroxyl groups excluding tert-OH is 1. The molecule has 0 saturated carbocycles. The molecule has 3 N–H and O–H groups in total. The summed E-state index contributed by atoms with van der Waals surface area (Å²) in [5.41, 5.74) is -0.0175. The lowest BCUT2D eigenvalue weighted by Crippen LogP contribution is -2.76. The summed E-state index contributed by atoms with van der Waals surface area (Å²) in [5.74, 6) is -2.66. The molecule has 2 fully saturated rings. The van der Waals surface area contributed by atoms with Crippen molar-refractivity contribution in [3.8, 4) is 0 Å². The van der Waals surface area contributed by atoms with Gasteiger partial charge in [-0.2, -0.15) is 18.2 Å². The van der Waals surface area contributed by atoms with Crippen LogP contribution in [0.2, 0.25) is 0 Å². The fourth-order valence-electron chi connectivity index (χ4n) is 5.04. The fourth-order valence-corrected chi connectivity index (χ4v) is 5.04. The van der Waals surface area contributed by atoms with Gasteiger partial charge in [0.2, 0.25) is 11.8 Å². The summed E-state index contributed by atoms with van der Waals surface area (Å²) in [6, 6.07) is 8.91. The maximum absolute atomic E-state index is 13.5. The zero-order chi connectivity index (χ0) is 29.2. The predicted octanol–water partition coefficient (Wildman–Crippen LogP) is 1.80. The van der Waals surface area contributed by atoms with Gasteiger partial charge >= 0.3 is 12.1 Å². The third kappa shape index (κ3) is 6.58. The summed E-state index contributed by atoms with van der Waals surface area (Å²) in [7, 11) is 1.55. The quantitative estimate of drug-likeness (QED) is 0.311. The van der Waals surface area contributed by atoms with Crippen LogP contribution < -0.4 is 5.32 Å². The minimum Gasteiger partial charge on any atom is -0.481 e. The highest BCUT2D eigenvalue weighted by atomic mass is 19.4. The normalized spacial score (nSPS) is 21.4. The van der Waals surface area contributed by atoms with Crippen LogP contribution in [0, 0.1) is 5.82 Å². The van der Waals surface area contributed by atoms with Gasteiger partial charge in [0.05, 0.1) is 18.7 Å². The van der Waals surface area contributed by atoms with Gasteiger partial charge < -0.3 is 20.0 Å². The molecule has 0 aliphatic carbocycles. The number of rotatable bonds is 9. The van der Waals surface area contributed by atoms with Gasteiger partial charge in [0.15, 0.2) is 6.35 Å². The number of alkyl halides is 3. The number of hydrogen-bond acceptors (Lipinski definition) is 7. The van der Waals surface area contributed by atoms with Crippen molar-refractivity contribution < 1.29 is 42.2 Å². The molecule has 3 atom stereocenters. The van der Waals surface area contributed by atoms with Crippen LogP contribution in [0.5, 0.6) is 0 Å². The van der Waals surface area contributed by atoms with Gasteiger partial charge in [0.1, 0.15) is 18.0 Å². The van der Waals surface area contributed by atoms with Crippen LogP contribution in [-0.4, -0.2) is 86.5 Å². The number of carboxylic acids is 1. The number of fused-ring (bicyclic) bond motifs is 1. The van der Waals surface area contributed by atoms with Crippen LogP contribution in [0.1, 0.15) is 29.5 Å². The summed E-state index contributed by atoms with van der Waals surface area (Å²) in [5, 5.41) is 26.1. The molecule has 2 amide bonds. The molecular weight excluding hydrogens is 538 g/mol. The number of halogens is 4. The molecule has 2 aromatic carbocycles. The number of carbonyl (C=O) groups is 3. The van der Waals surface area contributed by atoms with E-state index in [0.717, 1.165) is 12.1 Å². The van der Waals surface area contributed by atoms with Gasteiger partial charge in [-0.25, -0.2) is 9.40 Å². The number of benzene rings is 2. The van der Waals surface area contributed by atoms with Crippen molar-refractivity contribution in [1.82, 2.24) is 25.1 Å². The Morgan fingerprint density at radius 1 is 1.12 bits per heavy atom. The molecule has 10 nitrogen and oxygen atoms in total. The van der Waals surface area contributed by atoms with Gasteiger partial charge in [0, 0.05) is 26.6 Å². The van der Waals surface area contributed by atoms with Crippen molar-refractivity contribution in [3.05, 3.63) is 71.0 Å². The number of carboxylic acid groups (broad SMARTS) is 1. The van der Waals surface area contributed by atoms with Gasteiger partial charge in [-0.3, -0.25) is 19.7 Å². The molecule has 2 aliphatic rings. The SMILES string of the molecule is CN1CC(=O)N2[C@@H](CCC(=O)O)C(=O)N(Cc3cccc(C(F)(F)F)c3)C[C@@H]2N1C(O)NCc1ccc(F)cc1. The summed E-state index contributed by atoms with van der Waals surface area (Å²) in [6.07, 6.45) is -7.57. The lowest BCUT2D eigenvalue weighted by atomic mass is 10.0. The van der Waals surface area contributed by atoms with E-state index in [9.17, 15) is 42.2 Å². The largest absolute Gasteiger partial charge is 0.481 e. The molecule has 0 bridgehead atoms. The molecule has 1 unspecified atom stereocenters. The minimum absolute atomic E-state index is 0.127. The Kier molecular flexibility index (Phi) is 8.73. The summed E-state index contributed by atoms with van der Waals surface area (Å²) >= 11 is 0. The van der Waals surface area contributed by atoms with Crippen LogP contribution in [0.15, 0.2) is 48.5 Å². The third-order valence-corrected chi connectivity index (χ3v) is 6.90. The van der Waals surface area contributed by atoms with E-state index in [4.69, 9.17) is 0 Å². The standard InChI is InChI=1S/C26H29F4N5O5/c1-32-15-22(36)34-20(9-10-23(37)38)24(39)33(13-17-3-2-4-18(11-17)26(28,29)30)14-21(34)35(32)25(40)31-12-16-5-7-19(27)8-6-16/h2-8,11,20-21,25,31,40H,9-10,12-15H2,1H3,(H,37,38)/t20-,21-,25?/m0/s1. The summed E-state index contributed by atoms with van der Waals surface area (Å²) < 4.78 is 53.1. The zero-order valence-corrected chi connectivity index (χ0v) is 21.5. The molecule has 4 rings (SSSR count). The molecule has 0 aromatic heterocycles. The maximum Gasteiger partial charge on any atom is 0.416 e. The van der Waals surface area contributed by atoms with E-state index >= 15 is 0 Å². The number of aliphatic hydroxyl groups is 1. The van der Waals surface area contributed by atoms with Crippen LogP contribution in [0.4, 0.5) is 17.6 Å². The smallest absolute Gasteiger partial charge is 0.416 e. The van der Waals surface area contributed by atoms with Crippen molar-refractivity contribution in [2.75, 3.05) is 20.1 Å². The molecule has 0 spiro atoms.